The maximum absolute atomic E-state index is 13.0. The van der Waals surface area contributed by atoms with Crippen LogP contribution in [0.1, 0.15) is 40.7 Å². The fourth-order valence-corrected chi connectivity index (χ4v) is 5.58. The lowest BCUT2D eigenvalue weighted by molar-refractivity contribution is -0.00202. The van der Waals surface area contributed by atoms with Crippen LogP contribution in [0.5, 0.6) is 11.5 Å². The van der Waals surface area contributed by atoms with Crippen LogP contribution in [-0.4, -0.2) is 83.1 Å². The number of piperidine rings is 1. The highest BCUT2D eigenvalue weighted by atomic mass is 35.5. The van der Waals surface area contributed by atoms with Crippen molar-refractivity contribution >= 4 is 17.5 Å². The standard InChI is InChI=1S/C27H33ClN2O5/c1-18-2-4-23(26(33)30-9-6-21(31)16-30)25(12-18)34-17-22(32)15-29-10-7-27(8-11-29)14-19-13-20(28)3-5-24(19)35-27/h2-5,12-13,21-22,31-32H,6-11,14-17H2,1H3/t21-,22+/m0/s1. The third-order valence-electron chi connectivity index (χ3n) is 7.35. The van der Waals surface area contributed by atoms with Crippen LogP contribution >= 0.6 is 11.6 Å². The number of aliphatic hydroxyl groups excluding tert-OH is 2. The van der Waals surface area contributed by atoms with E-state index in [0.29, 0.717) is 37.4 Å². The number of nitrogens with zero attached hydrogens (tertiary/aromatic N) is 2. The average Bonchev–Trinajstić information content (AvgIpc) is 3.42. The minimum atomic E-state index is -0.679. The van der Waals surface area contributed by atoms with Gasteiger partial charge in [0.1, 0.15) is 29.8 Å². The Balaban J connectivity index is 1.13. The molecule has 3 aliphatic rings. The zero-order valence-corrected chi connectivity index (χ0v) is 20.8. The predicted octanol–water partition coefficient (Wildman–Crippen LogP) is 3.06. The largest absolute Gasteiger partial charge is 0.490 e. The molecule has 35 heavy (non-hydrogen) atoms. The van der Waals surface area contributed by atoms with E-state index in [-0.39, 0.29) is 18.1 Å². The van der Waals surface area contributed by atoms with E-state index < -0.39 is 12.2 Å². The van der Waals surface area contributed by atoms with Crippen LogP contribution in [-0.2, 0) is 6.42 Å². The Morgan fingerprint density at radius 3 is 2.77 bits per heavy atom. The Morgan fingerprint density at radius 2 is 2.03 bits per heavy atom. The molecule has 0 bridgehead atoms. The molecular weight excluding hydrogens is 468 g/mol. The predicted molar refractivity (Wildman–Crippen MR) is 133 cm³/mol. The molecule has 0 radical (unpaired) electrons. The number of benzene rings is 2. The third kappa shape index (κ3) is 5.43. The maximum Gasteiger partial charge on any atom is 0.257 e. The van der Waals surface area contributed by atoms with E-state index in [0.717, 1.165) is 48.7 Å². The zero-order chi connectivity index (χ0) is 24.6. The summed E-state index contributed by atoms with van der Waals surface area (Å²) in [6, 6.07) is 11.3. The van der Waals surface area contributed by atoms with Gasteiger partial charge in [0.2, 0.25) is 0 Å². The van der Waals surface area contributed by atoms with Gasteiger partial charge in [0.15, 0.2) is 0 Å². The first-order valence-electron chi connectivity index (χ1n) is 12.4. The molecule has 188 valence electrons. The Bertz CT molecular complexity index is 1090. The molecule has 2 saturated heterocycles. The number of β-amino-alcohol motifs (C(OH)–C–C–N with tert-alkyl or cyclic N) is 2. The van der Waals surface area contributed by atoms with Gasteiger partial charge < -0.3 is 29.5 Å². The average molecular weight is 501 g/mol. The maximum atomic E-state index is 13.0. The topological polar surface area (TPSA) is 82.5 Å². The monoisotopic (exact) mass is 500 g/mol. The molecule has 2 fully saturated rings. The van der Waals surface area contributed by atoms with Gasteiger partial charge in [0.25, 0.3) is 5.91 Å². The van der Waals surface area contributed by atoms with E-state index in [9.17, 15) is 15.0 Å². The van der Waals surface area contributed by atoms with Gasteiger partial charge in [-0.15, -0.1) is 0 Å². The number of hydrogen-bond donors (Lipinski definition) is 2. The van der Waals surface area contributed by atoms with Crippen LogP contribution in [0.15, 0.2) is 36.4 Å². The molecule has 7 nitrogen and oxygen atoms in total. The van der Waals surface area contributed by atoms with Crippen LogP contribution in [0, 0.1) is 6.92 Å². The van der Waals surface area contributed by atoms with E-state index in [1.54, 1.807) is 11.0 Å². The van der Waals surface area contributed by atoms with Crippen LogP contribution in [0.2, 0.25) is 5.02 Å². The molecule has 5 rings (SSSR count). The van der Waals surface area contributed by atoms with Gasteiger partial charge in [-0.25, -0.2) is 0 Å². The van der Waals surface area contributed by atoms with Crippen molar-refractivity contribution < 1.29 is 24.5 Å². The lowest BCUT2D eigenvalue weighted by atomic mass is 9.87. The van der Waals surface area contributed by atoms with E-state index in [2.05, 4.69) is 4.90 Å². The number of amides is 1. The second kappa shape index (κ2) is 9.97. The summed E-state index contributed by atoms with van der Waals surface area (Å²) in [5, 5.41) is 21.2. The van der Waals surface area contributed by atoms with Crippen molar-refractivity contribution in [2.24, 2.45) is 0 Å². The summed E-state index contributed by atoms with van der Waals surface area (Å²) in [4.78, 5) is 16.8. The van der Waals surface area contributed by atoms with Crippen LogP contribution in [0.3, 0.4) is 0 Å². The second-order valence-electron chi connectivity index (χ2n) is 10.2. The minimum absolute atomic E-state index is 0.106. The van der Waals surface area contributed by atoms with Crippen molar-refractivity contribution in [3.05, 3.63) is 58.1 Å². The number of aryl methyl sites for hydroxylation is 1. The second-order valence-corrected chi connectivity index (χ2v) is 10.6. The molecule has 0 unspecified atom stereocenters. The SMILES string of the molecule is Cc1ccc(C(=O)N2CC[C@H](O)C2)c(OC[C@H](O)CN2CCC3(CC2)Cc2cc(Cl)ccc2O3)c1. The lowest BCUT2D eigenvalue weighted by Gasteiger charge is -2.39. The number of rotatable bonds is 6. The van der Waals surface area contributed by atoms with Crippen LogP contribution in [0.4, 0.5) is 0 Å². The van der Waals surface area contributed by atoms with Crippen LogP contribution in [0.25, 0.3) is 0 Å². The third-order valence-corrected chi connectivity index (χ3v) is 7.58. The van der Waals surface area contributed by atoms with Crippen molar-refractivity contribution in [1.29, 1.82) is 0 Å². The normalized spacial score (nSPS) is 22.2. The molecule has 1 amide bonds. The number of fused-ring (bicyclic) bond motifs is 1. The van der Waals surface area contributed by atoms with Gasteiger partial charge in [-0.05, 0) is 54.8 Å². The summed E-state index contributed by atoms with van der Waals surface area (Å²) in [5.41, 5.74) is 2.44. The van der Waals surface area contributed by atoms with Gasteiger partial charge in [-0.1, -0.05) is 17.7 Å². The molecule has 2 aromatic carbocycles. The van der Waals surface area contributed by atoms with E-state index >= 15 is 0 Å². The molecule has 3 heterocycles. The summed E-state index contributed by atoms with van der Waals surface area (Å²) < 4.78 is 12.3. The first-order chi connectivity index (χ1) is 16.8. The smallest absolute Gasteiger partial charge is 0.257 e. The minimum Gasteiger partial charge on any atom is -0.490 e. The summed E-state index contributed by atoms with van der Waals surface area (Å²) in [6.45, 7) is 5.10. The highest BCUT2D eigenvalue weighted by molar-refractivity contribution is 6.30. The quantitative estimate of drug-likeness (QED) is 0.634. The highest BCUT2D eigenvalue weighted by Crippen LogP contribution is 2.42. The van der Waals surface area contributed by atoms with Crippen molar-refractivity contribution in [1.82, 2.24) is 9.80 Å². The number of carbonyl (C=O) groups excluding carboxylic acids is 1. The van der Waals surface area contributed by atoms with Gasteiger partial charge in [-0.3, -0.25) is 4.79 Å². The van der Waals surface area contributed by atoms with Gasteiger partial charge in [0.05, 0.1) is 11.7 Å². The van der Waals surface area contributed by atoms with Crippen molar-refractivity contribution in [3.8, 4) is 11.5 Å². The molecule has 2 aromatic rings. The Kier molecular flexibility index (Phi) is 6.95. The van der Waals surface area contributed by atoms with E-state index in [4.69, 9.17) is 21.1 Å². The molecule has 2 atom stereocenters. The van der Waals surface area contributed by atoms with E-state index in [1.165, 1.54) is 5.56 Å². The summed E-state index contributed by atoms with van der Waals surface area (Å²) in [6.07, 6.45) is 2.10. The molecule has 0 aliphatic carbocycles. The molecule has 3 aliphatic heterocycles. The molecular formula is C27H33ClN2O5. The summed E-state index contributed by atoms with van der Waals surface area (Å²) in [7, 11) is 0. The lowest BCUT2D eigenvalue weighted by Crippen LogP contribution is -2.49. The number of likely N-dealkylation sites (tertiary alicyclic amines) is 2. The summed E-state index contributed by atoms with van der Waals surface area (Å²) in [5.74, 6) is 1.26. The Hall–Kier alpha value is -2.32. The highest BCUT2D eigenvalue weighted by Gasteiger charge is 2.42. The zero-order valence-electron chi connectivity index (χ0n) is 20.1. The van der Waals surface area contributed by atoms with Gasteiger partial charge in [0, 0.05) is 57.0 Å². The van der Waals surface area contributed by atoms with Gasteiger partial charge in [-0.2, -0.15) is 0 Å². The fraction of sp³-hybridized carbons (Fsp3) is 0.519. The molecule has 0 saturated carbocycles. The van der Waals surface area contributed by atoms with Gasteiger partial charge >= 0.3 is 0 Å². The first kappa shape index (κ1) is 24.4. The molecule has 2 N–H and O–H groups in total. The van der Waals surface area contributed by atoms with Crippen molar-refractivity contribution in [2.45, 2.75) is 50.4 Å². The number of carbonyl (C=O) groups is 1. The number of aliphatic hydroxyl groups is 2. The van der Waals surface area contributed by atoms with Crippen LogP contribution < -0.4 is 9.47 Å². The number of halogens is 1. The fourth-order valence-electron chi connectivity index (χ4n) is 5.38. The number of ether oxygens (including phenoxy) is 2. The summed E-state index contributed by atoms with van der Waals surface area (Å²) >= 11 is 6.14. The molecule has 8 heteroatoms. The molecule has 0 aromatic heterocycles. The molecule has 1 spiro atoms. The Morgan fingerprint density at radius 1 is 1.23 bits per heavy atom. The number of hydrogen-bond acceptors (Lipinski definition) is 6. The van der Waals surface area contributed by atoms with Crippen molar-refractivity contribution in [3.63, 3.8) is 0 Å². The Labute approximate surface area is 211 Å². The van der Waals surface area contributed by atoms with Crippen molar-refractivity contribution in [2.75, 3.05) is 39.3 Å². The first-order valence-corrected chi connectivity index (χ1v) is 12.8. The van der Waals surface area contributed by atoms with E-state index in [1.807, 2.05) is 37.3 Å².